The summed E-state index contributed by atoms with van der Waals surface area (Å²) in [6.45, 7) is 6.52. The zero-order valence-electron chi connectivity index (χ0n) is 11.2. The second kappa shape index (κ2) is 8.86. The highest BCUT2D eigenvalue weighted by atomic mass is 32.1. The minimum absolute atomic E-state index is 0.558. The van der Waals surface area contributed by atoms with Gasteiger partial charge >= 0.3 is 0 Å². The lowest BCUT2D eigenvalue weighted by Crippen LogP contribution is -2.32. The number of thiocarbonyl (C=S) groups is 1. The number of nitrogens with one attached hydrogen (secondary N) is 2. The maximum atomic E-state index is 5.10. The molecule has 0 radical (unpaired) electrons. The molecule has 1 aliphatic carbocycles. The molecular weight excluding hydrogens is 242 g/mol. The molecule has 0 aromatic heterocycles. The topological polar surface area (TPSA) is 36.4 Å². The van der Waals surface area contributed by atoms with Gasteiger partial charge in [-0.05, 0) is 43.5 Å². The Balaban J connectivity index is 2.37. The molecular formula is C14H23N3S. The predicted octanol–water partition coefficient (Wildman–Crippen LogP) is 3.29. The smallest absolute Gasteiger partial charge is 0.187 e. The molecule has 18 heavy (non-hydrogen) atoms. The lowest BCUT2D eigenvalue weighted by atomic mass is 10.1. The number of rotatable bonds is 7. The summed E-state index contributed by atoms with van der Waals surface area (Å²) < 4.78 is 0. The molecule has 0 spiro atoms. The van der Waals surface area contributed by atoms with Crippen LogP contribution < -0.4 is 10.7 Å². The SMILES string of the molecule is C=CCNC(=S)N/N=C1/CCC=C1CCCCC. The van der Waals surface area contributed by atoms with Gasteiger partial charge in [-0.15, -0.1) is 6.58 Å². The van der Waals surface area contributed by atoms with E-state index in [-0.39, 0.29) is 0 Å². The van der Waals surface area contributed by atoms with E-state index in [1.54, 1.807) is 6.08 Å². The molecule has 0 amide bonds. The summed E-state index contributed by atoms with van der Waals surface area (Å²) >= 11 is 5.10. The van der Waals surface area contributed by atoms with Crippen molar-refractivity contribution in [3.63, 3.8) is 0 Å². The second-order valence-electron chi connectivity index (χ2n) is 4.39. The van der Waals surface area contributed by atoms with E-state index in [1.165, 1.54) is 24.8 Å². The first kappa shape index (κ1) is 14.9. The molecule has 3 nitrogen and oxygen atoms in total. The molecule has 2 N–H and O–H groups in total. The average molecular weight is 265 g/mol. The molecule has 0 heterocycles. The van der Waals surface area contributed by atoms with Crippen molar-refractivity contribution in [3.05, 3.63) is 24.3 Å². The van der Waals surface area contributed by atoms with Crippen molar-refractivity contribution in [1.82, 2.24) is 10.7 Å². The Kier molecular flexibility index (Phi) is 7.34. The molecule has 0 unspecified atom stereocenters. The molecule has 4 heteroatoms. The first-order chi connectivity index (χ1) is 8.77. The van der Waals surface area contributed by atoms with Crippen molar-refractivity contribution in [3.8, 4) is 0 Å². The van der Waals surface area contributed by atoms with Crippen LogP contribution in [0.25, 0.3) is 0 Å². The van der Waals surface area contributed by atoms with Crippen molar-refractivity contribution >= 4 is 23.0 Å². The number of hydrazone groups is 1. The first-order valence-corrected chi connectivity index (χ1v) is 7.09. The Morgan fingerprint density at radius 2 is 2.39 bits per heavy atom. The van der Waals surface area contributed by atoms with Crippen molar-refractivity contribution in [2.45, 2.75) is 45.4 Å². The lowest BCUT2D eigenvalue weighted by molar-refractivity contribution is 0.722. The van der Waals surface area contributed by atoms with E-state index in [4.69, 9.17) is 12.2 Å². The Morgan fingerprint density at radius 1 is 1.56 bits per heavy atom. The molecule has 0 fully saturated rings. The lowest BCUT2D eigenvalue weighted by Gasteiger charge is -2.07. The standard InChI is InChI=1S/C14H23N3S/c1-3-5-6-8-12-9-7-10-13(12)16-17-14(18)15-11-4-2/h4,9H,2-3,5-8,10-11H2,1H3,(H2,15,17,18)/b16-13-. The van der Waals surface area contributed by atoms with Crippen LogP contribution in [0.3, 0.4) is 0 Å². The molecule has 1 aliphatic rings. The summed E-state index contributed by atoms with van der Waals surface area (Å²) in [6, 6.07) is 0. The maximum Gasteiger partial charge on any atom is 0.187 e. The minimum Gasteiger partial charge on any atom is -0.358 e. The fourth-order valence-corrected chi connectivity index (χ4v) is 2.05. The van der Waals surface area contributed by atoms with Crippen LogP contribution in [0, 0.1) is 0 Å². The maximum absolute atomic E-state index is 5.10. The zero-order chi connectivity index (χ0) is 13.2. The molecule has 100 valence electrons. The van der Waals surface area contributed by atoms with Gasteiger partial charge in [-0.2, -0.15) is 5.10 Å². The molecule has 0 aromatic rings. The van der Waals surface area contributed by atoms with E-state index in [9.17, 15) is 0 Å². The summed E-state index contributed by atoms with van der Waals surface area (Å²) in [5, 5.41) is 7.95. The summed E-state index contributed by atoms with van der Waals surface area (Å²) in [5.74, 6) is 0. The monoisotopic (exact) mass is 265 g/mol. The van der Waals surface area contributed by atoms with Gasteiger partial charge in [-0.25, -0.2) is 0 Å². The molecule has 0 saturated heterocycles. The number of hydrogen-bond acceptors (Lipinski definition) is 2. The minimum atomic E-state index is 0.558. The van der Waals surface area contributed by atoms with Gasteiger partial charge in [0.15, 0.2) is 5.11 Å². The highest BCUT2D eigenvalue weighted by Gasteiger charge is 2.12. The largest absolute Gasteiger partial charge is 0.358 e. The van der Waals surface area contributed by atoms with Crippen LogP contribution in [0.1, 0.15) is 45.4 Å². The normalized spacial score (nSPS) is 16.5. The van der Waals surface area contributed by atoms with Crippen LogP contribution in [-0.4, -0.2) is 17.4 Å². The number of hydrogen-bond donors (Lipinski definition) is 2. The van der Waals surface area contributed by atoms with Gasteiger partial charge in [-0.1, -0.05) is 31.9 Å². The number of nitrogens with zero attached hydrogens (tertiary/aromatic N) is 1. The zero-order valence-corrected chi connectivity index (χ0v) is 12.0. The Morgan fingerprint density at radius 3 is 3.11 bits per heavy atom. The van der Waals surface area contributed by atoms with Gasteiger partial charge < -0.3 is 5.32 Å². The highest BCUT2D eigenvalue weighted by molar-refractivity contribution is 7.80. The van der Waals surface area contributed by atoms with Crippen molar-refractivity contribution in [1.29, 1.82) is 0 Å². The quantitative estimate of drug-likeness (QED) is 0.321. The Labute approximate surface area is 115 Å². The molecule has 0 bridgehead atoms. The first-order valence-electron chi connectivity index (χ1n) is 6.68. The molecule has 0 atom stereocenters. The van der Waals surface area contributed by atoms with Crippen LogP contribution >= 0.6 is 12.2 Å². The van der Waals surface area contributed by atoms with E-state index in [0.717, 1.165) is 25.0 Å². The van der Waals surface area contributed by atoms with Crippen LogP contribution in [0.2, 0.25) is 0 Å². The second-order valence-corrected chi connectivity index (χ2v) is 4.80. The van der Waals surface area contributed by atoms with E-state index < -0.39 is 0 Å². The van der Waals surface area contributed by atoms with Gasteiger partial charge in [-0.3, -0.25) is 5.43 Å². The van der Waals surface area contributed by atoms with Crippen molar-refractivity contribution in [2.24, 2.45) is 5.10 Å². The van der Waals surface area contributed by atoms with Crippen LogP contribution in [0.5, 0.6) is 0 Å². The molecule has 1 rings (SSSR count). The van der Waals surface area contributed by atoms with E-state index in [2.05, 4.69) is 35.4 Å². The average Bonchev–Trinajstić information content (AvgIpc) is 2.82. The van der Waals surface area contributed by atoms with E-state index in [1.807, 2.05) is 0 Å². The summed E-state index contributed by atoms with van der Waals surface area (Å²) in [4.78, 5) is 0. The predicted molar refractivity (Wildman–Crippen MR) is 82.8 cm³/mol. The fourth-order valence-electron chi connectivity index (χ4n) is 1.92. The number of allylic oxidation sites excluding steroid dienone is 2. The van der Waals surface area contributed by atoms with E-state index in [0.29, 0.717) is 11.7 Å². The van der Waals surface area contributed by atoms with Crippen LogP contribution in [-0.2, 0) is 0 Å². The summed E-state index contributed by atoms with van der Waals surface area (Å²) in [6.07, 6.45) is 11.1. The Hall–Kier alpha value is -1.16. The molecule has 0 saturated carbocycles. The highest BCUT2D eigenvalue weighted by Crippen LogP contribution is 2.20. The fraction of sp³-hybridized carbons (Fsp3) is 0.571. The molecule has 0 aliphatic heterocycles. The van der Waals surface area contributed by atoms with Gasteiger partial charge in [0.05, 0.1) is 5.71 Å². The van der Waals surface area contributed by atoms with E-state index >= 15 is 0 Å². The van der Waals surface area contributed by atoms with Crippen LogP contribution in [0.4, 0.5) is 0 Å². The summed E-state index contributed by atoms with van der Waals surface area (Å²) in [5.41, 5.74) is 5.45. The third kappa shape index (κ3) is 5.45. The Bertz CT molecular complexity index is 345. The van der Waals surface area contributed by atoms with Gasteiger partial charge in [0.2, 0.25) is 0 Å². The summed E-state index contributed by atoms with van der Waals surface area (Å²) in [7, 11) is 0. The third-order valence-electron chi connectivity index (χ3n) is 2.89. The third-order valence-corrected chi connectivity index (χ3v) is 3.13. The van der Waals surface area contributed by atoms with Gasteiger partial charge in [0, 0.05) is 6.54 Å². The molecule has 0 aromatic carbocycles. The van der Waals surface area contributed by atoms with Crippen molar-refractivity contribution < 1.29 is 0 Å². The van der Waals surface area contributed by atoms with Crippen LogP contribution in [0.15, 0.2) is 29.4 Å². The van der Waals surface area contributed by atoms with Gasteiger partial charge in [0.25, 0.3) is 0 Å². The number of unbranched alkanes of at least 4 members (excludes halogenated alkanes) is 2. The van der Waals surface area contributed by atoms with Crippen molar-refractivity contribution in [2.75, 3.05) is 6.54 Å². The van der Waals surface area contributed by atoms with Gasteiger partial charge in [0.1, 0.15) is 0 Å².